The van der Waals surface area contributed by atoms with E-state index < -0.39 is 6.10 Å². The fourth-order valence-electron chi connectivity index (χ4n) is 2.78. The lowest BCUT2D eigenvalue weighted by atomic mass is 9.96. The first kappa shape index (κ1) is 12.5. The maximum atomic E-state index is 10.5. The van der Waals surface area contributed by atoms with E-state index in [1.165, 1.54) is 0 Å². The van der Waals surface area contributed by atoms with E-state index in [9.17, 15) is 5.11 Å². The van der Waals surface area contributed by atoms with Gasteiger partial charge in [0, 0.05) is 12.0 Å². The van der Waals surface area contributed by atoms with E-state index in [1.807, 2.05) is 36.4 Å². The average molecular weight is 258 g/mol. The molecule has 3 nitrogen and oxygen atoms in total. The zero-order chi connectivity index (χ0) is 13.2. The van der Waals surface area contributed by atoms with Crippen LogP contribution in [0, 0.1) is 0 Å². The number of benzene rings is 2. The van der Waals surface area contributed by atoms with Crippen LogP contribution in [0.3, 0.4) is 0 Å². The first-order chi connectivity index (χ1) is 9.31. The molecule has 3 heteroatoms. The van der Waals surface area contributed by atoms with E-state index in [-0.39, 0.29) is 6.10 Å². The van der Waals surface area contributed by atoms with Crippen LogP contribution in [0.2, 0.25) is 0 Å². The van der Waals surface area contributed by atoms with Gasteiger partial charge in [-0.25, -0.2) is 0 Å². The number of rotatable bonds is 3. The Morgan fingerprint density at radius 2 is 2.00 bits per heavy atom. The lowest BCUT2D eigenvalue weighted by Crippen LogP contribution is -2.17. The summed E-state index contributed by atoms with van der Waals surface area (Å²) in [6, 6.07) is 11.8. The summed E-state index contributed by atoms with van der Waals surface area (Å²) in [6.07, 6.45) is 1.28. The third-order valence-electron chi connectivity index (χ3n) is 3.77. The van der Waals surface area contributed by atoms with Crippen LogP contribution in [0.15, 0.2) is 36.4 Å². The zero-order valence-corrected chi connectivity index (χ0v) is 11.0. The van der Waals surface area contributed by atoms with Crippen molar-refractivity contribution < 1.29 is 14.6 Å². The minimum absolute atomic E-state index is 0.0863. The summed E-state index contributed by atoms with van der Waals surface area (Å²) < 4.78 is 11.0. The zero-order valence-electron chi connectivity index (χ0n) is 11.0. The maximum absolute atomic E-state index is 10.5. The first-order valence-corrected chi connectivity index (χ1v) is 6.66. The Morgan fingerprint density at radius 1 is 1.21 bits per heavy atom. The Hall–Kier alpha value is -1.58. The van der Waals surface area contributed by atoms with E-state index >= 15 is 0 Å². The largest absolute Gasteiger partial charge is 0.496 e. The van der Waals surface area contributed by atoms with Crippen molar-refractivity contribution in [3.05, 3.63) is 42.0 Å². The highest BCUT2D eigenvalue weighted by Gasteiger charge is 2.26. The van der Waals surface area contributed by atoms with E-state index in [4.69, 9.17) is 9.47 Å². The van der Waals surface area contributed by atoms with Crippen molar-refractivity contribution in [3.63, 3.8) is 0 Å². The SMILES string of the molecule is COc1ccc(C(O)C2CCCO2)c2ccccc12. The number of ether oxygens (including phenoxy) is 2. The molecule has 3 rings (SSSR count). The molecule has 2 unspecified atom stereocenters. The lowest BCUT2D eigenvalue weighted by Gasteiger charge is -2.20. The number of hydrogen-bond acceptors (Lipinski definition) is 3. The molecule has 19 heavy (non-hydrogen) atoms. The highest BCUT2D eigenvalue weighted by molar-refractivity contribution is 5.91. The molecule has 1 heterocycles. The van der Waals surface area contributed by atoms with Gasteiger partial charge in [0.1, 0.15) is 11.9 Å². The Bertz CT molecular complexity index is 573. The van der Waals surface area contributed by atoms with Crippen molar-refractivity contribution in [3.8, 4) is 5.75 Å². The van der Waals surface area contributed by atoms with Gasteiger partial charge < -0.3 is 14.6 Å². The van der Waals surface area contributed by atoms with Crippen LogP contribution in [0.4, 0.5) is 0 Å². The molecule has 1 aliphatic rings. The van der Waals surface area contributed by atoms with Crippen molar-refractivity contribution in [1.29, 1.82) is 0 Å². The fourth-order valence-corrected chi connectivity index (χ4v) is 2.78. The molecule has 1 aliphatic heterocycles. The van der Waals surface area contributed by atoms with E-state index in [2.05, 4.69) is 0 Å². The third-order valence-corrected chi connectivity index (χ3v) is 3.77. The van der Waals surface area contributed by atoms with Crippen LogP contribution < -0.4 is 4.74 Å². The smallest absolute Gasteiger partial charge is 0.126 e. The molecule has 0 aromatic heterocycles. The summed E-state index contributed by atoms with van der Waals surface area (Å²) in [6.45, 7) is 0.746. The third kappa shape index (κ3) is 2.20. The molecule has 0 bridgehead atoms. The number of fused-ring (bicyclic) bond motifs is 1. The molecule has 2 aromatic rings. The Balaban J connectivity index is 2.08. The highest BCUT2D eigenvalue weighted by Crippen LogP contribution is 2.35. The monoisotopic (exact) mass is 258 g/mol. The summed E-state index contributed by atoms with van der Waals surface area (Å²) in [5, 5.41) is 12.6. The molecule has 0 spiro atoms. The van der Waals surface area contributed by atoms with Crippen LogP contribution in [-0.4, -0.2) is 24.9 Å². The Kier molecular flexibility index (Phi) is 3.40. The standard InChI is InChI=1S/C16H18O3/c1-18-14-9-8-13(11-5-2-3-6-12(11)14)16(17)15-7-4-10-19-15/h2-3,5-6,8-9,15-17H,4,7,10H2,1H3. The normalized spacial score (nSPS) is 20.6. The quantitative estimate of drug-likeness (QED) is 0.919. The number of hydrogen-bond donors (Lipinski definition) is 1. The molecular formula is C16H18O3. The van der Waals surface area contributed by atoms with Crippen molar-refractivity contribution in [2.75, 3.05) is 13.7 Å². The van der Waals surface area contributed by atoms with Crippen molar-refractivity contribution >= 4 is 10.8 Å². The second-order valence-electron chi connectivity index (χ2n) is 4.90. The molecule has 1 N–H and O–H groups in total. The van der Waals surface area contributed by atoms with Gasteiger partial charge in [0.2, 0.25) is 0 Å². The van der Waals surface area contributed by atoms with Crippen molar-refractivity contribution in [2.24, 2.45) is 0 Å². The topological polar surface area (TPSA) is 38.7 Å². The van der Waals surface area contributed by atoms with Gasteiger partial charge in [0.05, 0.1) is 13.2 Å². The molecule has 2 atom stereocenters. The van der Waals surface area contributed by atoms with Gasteiger partial charge in [-0.05, 0) is 29.9 Å². The number of aliphatic hydroxyl groups is 1. The van der Waals surface area contributed by atoms with Gasteiger partial charge in [0.15, 0.2) is 0 Å². The van der Waals surface area contributed by atoms with E-state index in [1.54, 1.807) is 7.11 Å². The van der Waals surface area contributed by atoms with Crippen LogP contribution in [0.25, 0.3) is 10.8 Å². The highest BCUT2D eigenvalue weighted by atomic mass is 16.5. The van der Waals surface area contributed by atoms with Gasteiger partial charge in [-0.3, -0.25) is 0 Å². The maximum Gasteiger partial charge on any atom is 0.126 e. The van der Waals surface area contributed by atoms with Gasteiger partial charge in [-0.1, -0.05) is 30.3 Å². The molecule has 0 radical (unpaired) electrons. The summed E-state index contributed by atoms with van der Waals surface area (Å²) >= 11 is 0. The van der Waals surface area contributed by atoms with Crippen LogP contribution in [0.5, 0.6) is 5.75 Å². The predicted molar refractivity (Wildman–Crippen MR) is 74.4 cm³/mol. The summed E-state index contributed by atoms with van der Waals surface area (Å²) in [5.74, 6) is 0.832. The second-order valence-corrected chi connectivity index (χ2v) is 4.90. The number of methoxy groups -OCH3 is 1. The predicted octanol–water partition coefficient (Wildman–Crippen LogP) is 3.06. The van der Waals surface area contributed by atoms with Gasteiger partial charge in [0.25, 0.3) is 0 Å². The van der Waals surface area contributed by atoms with Crippen molar-refractivity contribution in [1.82, 2.24) is 0 Å². The molecule has 1 saturated heterocycles. The van der Waals surface area contributed by atoms with E-state index in [0.717, 1.165) is 41.5 Å². The minimum atomic E-state index is -0.571. The van der Waals surface area contributed by atoms with Gasteiger partial charge in [-0.2, -0.15) is 0 Å². The lowest BCUT2D eigenvalue weighted by molar-refractivity contribution is -0.00187. The number of aliphatic hydroxyl groups excluding tert-OH is 1. The first-order valence-electron chi connectivity index (χ1n) is 6.66. The summed E-state index contributed by atoms with van der Waals surface area (Å²) in [7, 11) is 1.66. The molecule has 2 aromatic carbocycles. The van der Waals surface area contributed by atoms with Crippen LogP contribution >= 0.6 is 0 Å². The Morgan fingerprint density at radius 3 is 2.68 bits per heavy atom. The molecule has 1 fully saturated rings. The molecular weight excluding hydrogens is 240 g/mol. The van der Waals surface area contributed by atoms with Crippen LogP contribution in [0.1, 0.15) is 24.5 Å². The van der Waals surface area contributed by atoms with Crippen molar-refractivity contribution in [2.45, 2.75) is 25.0 Å². The van der Waals surface area contributed by atoms with Gasteiger partial charge >= 0.3 is 0 Å². The fraction of sp³-hybridized carbons (Fsp3) is 0.375. The summed E-state index contributed by atoms with van der Waals surface area (Å²) in [5.41, 5.74) is 0.920. The minimum Gasteiger partial charge on any atom is -0.496 e. The average Bonchev–Trinajstić information content (AvgIpc) is 2.99. The Labute approximate surface area is 112 Å². The second kappa shape index (κ2) is 5.19. The van der Waals surface area contributed by atoms with Gasteiger partial charge in [-0.15, -0.1) is 0 Å². The summed E-state index contributed by atoms with van der Waals surface area (Å²) in [4.78, 5) is 0. The van der Waals surface area contributed by atoms with Crippen LogP contribution in [-0.2, 0) is 4.74 Å². The molecule has 0 amide bonds. The molecule has 100 valence electrons. The van der Waals surface area contributed by atoms with E-state index in [0.29, 0.717) is 0 Å². The molecule has 0 aliphatic carbocycles. The molecule has 0 saturated carbocycles.